The summed E-state index contributed by atoms with van der Waals surface area (Å²) in [5.74, 6) is 1.01. The van der Waals surface area contributed by atoms with E-state index in [0.29, 0.717) is 18.4 Å². The van der Waals surface area contributed by atoms with Crippen molar-refractivity contribution in [2.24, 2.45) is 22.4 Å². The summed E-state index contributed by atoms with van der Waals surface area (Å²) in [5.41, 5.74) is 10.7. The SMILES string of the molecule is NCC1CN=C(N)NC1. The normalized spacial score (nSPS) is 26.8. The van der Waals surface area contributed by atoms with Crippen molar-refractivity contribution >= 4 is 5.96 Å². The molecule has 0 spiro atoms. The van der Waals surface area contributed by atoms with Gasteiger partial charge in [0.2, 0.25) is 0 Å². The van der Waals surface area contributed by atoms with E-state index in [1.165, 1.54) is 0 Å². The van der Waals surface area contributed by atoms with Gasteiger partial charge in [-0.05, 0) is 6.54 Å². The fourth-order valence-corrected chi connectivity index (χ4v) is 0.755. The third-order valence-electron chi connectivity index (χ3n) is 1.43. The molecule has 0 radical (unpaired) electrons. The number of hydrogen-bond acceptors (Lipinski definition) is 4. The molecular weight excluding hydrogens is 116 g/mol. The molecule has 1 aliphatic heterocycles. The van der Waals surface area contributed by atoms with Crippen LogP contribution in [0, 0.1) is 5.92 Å². The van der Waals surface area contributed by atoms with Gasteiger partial charge in [0.15, 0.2) is 5.96 Å². The minimum Gasteiger partial charge on any atom is -0.370 e. The molecule has 4 nitrogen and oxygen atoms in total. The first kappa shape index (κ1) is 6.35. The van der Waals surface area contributed by atoms with Crippen LogP contribution in [0.15, 0.2) is 4.99 Å². The number of nitrogens with zero attached hydrogens (tertiary/aromatic N) is 1. The Labute approximate surface area is 54.3 Å². The molecule has 0 aromatic heterocycles. The average molecular weight is 128 g/mol. The summed E-state index contributed by atoms with van der Waals surface area (Å²) < 4.78 is 0. The fraction of sp³-hybridized carbons (Fsp3) is 0.800. The van der Waals surface area contributed by atoms with Gasteiger partial charge in [0.1, 0.15) is 0 Å². The first-order valence-electron chi connectivity index (χ1n) is 3.07. The van der Waals surface area contributed by atoms with Gasteiger partial charge in [0, 0.05) is 19.0 Å². The highest BCUT2D eigenvalue weighted by molar-refractivity contribution is 5.78. The van der Waals surface area contributed by atoms with Crippen LogP contribution in [-0.4, -0.2) is 25.6 Å². The van der Waals surface area contributed by atoms with Gasteiger partial charge in [-0.25, -0.2) is 0 Å². The molecule has 0 saturated carbocycles. The molecule has 0 aromatic rings. The van der Waals surface area contributed by atoms with Gasteiger partial charge in [-0.1, -0.05) is 0 Å². The zero-order valence-corrected chi connectivity index (χ0v) is 5.30. The highest BCUT2D eigenvalue weighted by Gasteiger charge is 2.09. The van der Waals surface area contributed by atoms with Crippen molar-refractivity contribution in [3.8, 4) is 0 Å². The lowest BCUT2D eigenvalue weighted by Gasteiger charge is -2.18. The summed E-state index contributed by atoms with van der Waals surface area (Å²) in [4.78, 5) is 3.99. The minimum absolute atomic E-state index is 0.470. The Morgan fingerprint density at radius 3 is 3.00 bits per heavy atom. The van der Waals surface area contributed by atoms with E-state index in [4.69, 9.17) is 11.5 Å². The maximum atomic E-state index is 5.40. The van der Waals surface area contributed by atoms with Gasteiger partial charge in [0.25, 0.3) is 0 Å². The van der Waals surface area contributed by atoms with Crippen LogP contribution >= 0.6 is 0 Å². The van der Waals surface area contributed by atoms with Crippen LogP contribution < -0.4 is 16.8 Å². The van der Waals surface area contributed by atoms with E-state index in [0.717, 1.165) is 13.1 Å². The smallest absolute Gasteiger partial charge is 0.188 e. The van der Waals surface area contributed by atoms with Crippen LogP contribution in [0.1, 0.15) is 0 Å². The lowest BCUT2D eigenvalue weighted by molar-refractivity contribution is 0.516. The second kappa shape index (κ2) is 2.68. The number of nitrogens with one attached hydrogen (secondary N) is 1. The van der Waals surface area contributed by atoms with E-state index in [-0.39, 0.29) is 0 Å². The molecule has 0 bridgehead atoms. The van der Waals surface area contributed by atoms with Gasteiger partial charge in [-0.2, -0.15) is 0 Å². The third kappa shape index (κ3) is 1.57. The van der Waals surface area contributed by atoms with Crippen molar-refractivity contribution in [2.75, 3.05) is 19.6 Å². The zero-order chi connectivity index (χ0) is 6.69. The topological polar surface area (TPSA) is 76.4 Å². The molecule has 5 N–H and O–H groups in total. The molecule has 0 amide bonds. The highest BCUT2D eigenvalue weighted by Crippen LogP contribution is 1.95. The molecule has 1 aliphatic rings. The Morgan fingerprint density at radius 2 is 2.56 bits per heavy atom. The fourth-order valence-electron chi connectivity index (χ4n) is 0.755. The molecule has 1 rings (SSSR count). The van der Waals surface area contributed by atoms with Gasteiger partial charge in [-0.15, -0.1) is 0 Å². The zero-order valence-electron chi connectivity index (χ0n) is 5.30. The first-order valence-corrected chi connectivity index (χ1v) is 3.07. The van der Waals surface area contributed by atoms with Crippen molar-refractivity contribution in [3.63, 3.8) is 0 Å². The second-order valence-corrected chi connectivity index (χ2v) is 2.21. The molecular formula is C5H12N4. The van der Waals surface area contributed by atoms with E-state index in [1.807, 2.05) is 0 Å². The summed E-state index contributed by atoms with van der Waals surface area (Å²) >= 11 is 0. The second-order valence-electron chi connectivity index (χ2n) is 2.21. The Balaban J connectivity index is 2.36. The van der Waals surface area contributed by atoms with Crippen LogP contribution in [0.5, 0.6) is 0 Å². The average Bonchev–Trinajstić information content (AvgIpc) is 1.90. The van der Waals surface area contributed by atoms with Crippen LogP contribution in [0.2, 0.25) is 0 Å². The summed E-state index contributed by atoms with van der Waals surface area (Å²) in [6.45, 7) is 2.32. The summed E-state index contributed by atoms with van der Waals surface area (Å²) in [6, 6.07) is 0. The molecule has 9 heavy (non-hydrogen) atoms. The largest absolute Gasteiger partial charge is 0.370 e. The molecule has 1 atom stereocenters. The molecule has 52 valence electrons. The lowest BCUT2D eigenvalue weighted by atomic mass is 10.1. The Hall–Kier alpha value is -0.770. The predicted octanol–water partition coefficient (Wildman–Crippen LogP) is -1.52. The lowest BCUT2D eigenvalue weighted by Crippen LogP contribution is -2.42. The molecule has 1 unspecified atom stereocenters. The predicted molar refractivity (Wildman–Crippen MR) is 37.0 cm³/mol. The maximum absolute atomic E-state index is 5.40. The van der Waals surface area contributed by atoms with E-state index >= 15 is 0 Å². The van der Waals surface area contributed by atoms with Gasteiger partial charge in [-0.3, -0.25) is 4.99 Å². The first-order chi connectivity index (χ1) is 4.33. The van der Waals surface area contributed by atoms with Crippen molar-refractivity contribution in [2.45, 2.75) is 0 Å². The Morgan fingerprint density at radius 1 is 1.78 bits per heavy atom. The number of aliphatic imine (C=N–C) groups is 1. The summed E-state index contributed by atoms with van der Waals surface area (Å²) in [7, 11) is 0. The Bertz CT molecular complexity index is 120. The van der Waals surface area contributed by atoms with E-state index in [9.17, 15) is 0 Å². The van der Waals surface area contributed by atoms with Gasteiger partial charge < -0.3 is 16.8 Å². The van der Waals surface area contributed by atoms with Crippen LogP contribution in [-0.2, 0) is 0 Å². The number of nitrogens with two attached hydrogens (primary N) is 2. The number of rotatable bonds is 1. The molecule has 1 heterocycles. The number of hydrogen-bond donors (Lipinski definition) is 3. The maximum Gasteiger partial charge on any atom is 0.188 e. The molecule has 0 fully saturated rings. The van der Waals surface area contributed by atoms with E-state index in [1.54, 1.807) is 0 Å². The van der Waals surface area contributed by atoms with E-state index in [2.05, 4.69) is 10.3 Å². The van der Waals surface area contributed by atoms with Crippen molar-refractivity contribution in [1.29, 1.82) is 0 Å². The van der Waals surface area contributed by atoms with Crippen molar-refractivity contribution in [1.82, 2.24) is 5.32 Å². The molecule has 4 heteroatoms. The molecule has 0 aliphatic carbocycles. The highest BCUT2D eigenvalue weighted by atomic mass is 15.1. The minimum atomic E-state index is 0.470. The monoisotopic (exact) mass is 128 g/mol. The van der Waals surface area contributed by atoms with Crippen molar-refractivity contribution < 1.29 is 0 Å². The summed E-state index contributed by atoms with van der Waals surface area (Å²) in [6.07, 6.45) is 0. The van der Waals surface area contributed by atoms with E-state index < -0.39 is 0 Å². The van der Waals surface area contributed by atoms with Crippen LogP contribution in [0.25, 0.3) is 0 Å². The molecule has 0 saturated heterocycles. The number of guanidine groups is 1. The van der Waals surface area contributed by atoms with Gasteiger partial charge in [0.05, 0.1) is 0 Å². The third-order valence-corrected chi connectivity index (χ3v) is 1.43. The standard InChI is InChI=1S/C5H12N4/c6-1-4-2-8-5(7)9-3-4/h4H,1-3,6H2,(H3,7,8,9). The van der Waals surface area contributed by atoms with Gasteiger partial charge >= 0.3 is 0 Å². The molecule has 0 aromatic carbocycles. The quantitative estimate of drug-likeness (QED) is 0.401. The van der Waals surface area contributed by atoms with Crippen LogP contribution in [0.3, 0.4) is 0 Å². The van der Waals surface area contributed by atoms with Crippen LogP contribution in [0.4, 0.5) is 0 Å². The summed E-state index contributed by atoms with van der Waals surface area (Å²) in [5, 5.41) is 2.93. The Kier molecular flexibility index (Phi) is 1.89. The van der Waals surface area contributed by atoms with Crippen molar-refractivity contribution in [3.05, 3.63) is 0 Å².